The molecule has 1 amide bonds. The highest BCUT2D eigenvalue weighted by Crippen LogP contribution is 2.42. The number of halogens is 4. The van der Waals surface area contributed by atoms with Crippen molar-refractivity contribution in [3.8, 4) is 0 Å². The summed E-state index contributed by atoms with van der Waals surface area (Å²) in [7, 11) is 0. The lowest BCUT2D eigenvalue weighted by molar-refractivity contribution is -0.181. The van der Waals surface area contributed by atoms with Crippen molar-refractivity contribution in [2.75, 3.05) is 6.54 Å². The molecular formula is C17H12ClF3N4O. The first-order chi connectivity index (χ1) is 12.3. The SMILES string of the molecule is O=C(c1cc2ncc(Cl)cn2n1)N1CCc2ccccc2C1C(F)(F)F. The summed E-state index contributed by atoms with van der Waals surface area (Å²) in [5.41, 5.74) is 0.930. The highest BCUT2D eigenvalue weighted by molar-refractivity contribution is 6.30. The molecule has 0 aliphatic carbocycles. The molecule has 1 atom stereocenters. The third-order valence-electron chi connectivity index (χ3n) is 4.36. The smallest absolute Gasteiger partial charge is 0.321 e. The average Bonchev–Trinajstić information content (AvgIpc) is 3.02. The van der Waals surface area contributed by atoms with Crippen molar-refractivity contribution in [1.82, 2.24) is 19.5 Å². The van der Waals surface area contributed by atoms with Gasteiger partial charge in [-0.2, -0.15) is 18.3 Å². The van der Waals surface area contributed by atoms with E-state index in [-0.39, 0.29) is 17.8 Å². The molecule has 0 bridgehead atoms. The van der Waals surface area contributed by atoms with E-state index in [1.807, 2.05) is 0 Å². The van der Waals surface area contributed by atoms with Crippen LogP contribution >= 0.6 is 11.6 Å². The van der Waals surface area contributed by atoms with Crippen molar-refractivity contribution in [3.63, 3.8) is 0 Å². The Bertz CT molecular complexity index is 1000. The molecule has 0 saturated carbocycles. The Balaban J connectivity index is 1.76. The fourth-order valence-corrected chi connectivity index (χ4v) is 3.39. The molecule has 1 aliphatic heterocycles. The Morgan fingerprint density at radius 3 is 2.81 bits per heavy atom. The van der Waals surface area contributed by atoms with Gasteiger partial charge in [-0.15, -0.1) is 0 Å². The summed E-state index contributed by atoms with van der Waals surface area (Å²) in [6.07, 6.45) is -1.42. The fourth-order valence-electron chi connectivity index (χ4n) is 3.24. The van der Waals surface area contributed by atoms with Gasteiger partial charge in [-0.3, -0.25) is 4.79 Å². The van der Waals surface area contributed by atoms with Crippen LogP contribution in [-0.4, -0.2) is 38.1 Å². The van der Waals surface area contributed by atoms with E-state index in [2.05, 4.69) is 10.1 Å². The van der Waals surface area contributed by atoms with E-state index in [1.54, 1.807) is 18.2 Å². The zero-order chi connectivity index (χ0) is 18.5. The summed E-state index contributed by atoms with van der Waals surface area (Å²) in [6.45, 7) is -0.0396. The number of hydrogen-bond donors (Lipinski definition) is 0. The normalized spacial score (nSPS) is 17.4. The molecule has 9 heteroatoms. The molecule has 0 radical (unpaired) electrons. The monoisotopic (exact) mass is 380 g/mol. The molecule has 0 fully saturated rings. The van der Waals surface area contributed by atoms with Crippen molar-refractivity contribution in [3.05, 3.63) is 64.6 Å². The van der Waals surface area contributed by atoms with Crippen LogP contribution in [0.25, 0.3) is 5.65 Å². The number of rotatable bonds is 1. The summed E-state index contributed by atoms with van der Waals surface area (Å²) in [6, 6.07) is 5.67. The van der Waals surface area contributed by atoms with E-state index >= 15 is 0 Å². The Hall–Kier alpha value is -2.61. The number of aromatic nitrogens is 3. The number of hydrogen-bond acceptors (Lipinski definition) is 3. The van der Waals surface area contributed by atoms with Gasteiger partial charge in [0.2, 0.25) is 0 Å². The standard InChI is InChI=1S/C17H12ClF3N4O/c18-11-8-22-14-7-13(23-25(14)9-11)16(26)24-6-5-10-3-1-2-4-12(10)15(24)17(19,20)21/h1-4,7-9,15H,5-6H2. The van der Waals surface area contributed by atoms with Gasteiger partial charge in [-0.1, -0.05) is 35.9 Å². The maximum absolute atomic E-state index is 13.8. The second-order valence-electron chi connectivity index (χ2n) is 6.00. The topological polar surface area (TPSA) is 50.5 Å². The fraction of sp³-hybridized carbons (Fsp3) is 0.235. The zero-order valence-electron chi connectivity index (χ0n) is 13.2. The third-order valence-corrected chi connectivity index (χ3v) is 4.55. The molecule has 26 heavy (non-hydrogen) atoms. The van der Waals surface area contributed by atoms with Crippen molar-refractivity contribution in [2.24, 2.45) is 0 Å². The lowest BCUT2D eigenvalue weighted by atomic mass is 9.92. The first-order valence-electron chi connectivity index (χ1n) is 7.81. The summed E-state index contributed by atoms with van der Waals surface area (Å²) in [5, 5.41) is 4.34. The number of amides is 1. The van der Waals surface area contributed by atoms with Crippen molar-refractivity contribution in [2.45, 2.75) is 18.6 Å². The Morgan fingerprint density at radius 2 is 2.04 bits per heavy atom. The molecular weight excluding hydrogens is 369 g/mol. The van der Waals surface area contributed by atoms with Gasteiger partial charge in [0.05, 0.1) is 11.2 Å². The molecule has 4 rings (SSSR count). The Labute approximate surface area is 151 Å². The molecule has 3 heterocycles. The molecule has 134 valence electrons. The van der Waals surface area contributed by atoms with Crippen molar-refractivity contribution >= 4 is 23.2 Å². The summed E-state index contributed by atoms with van der Waals surface area (Å²) < 4.78 is 42.5. The van der Waals surface area contributed by atoms with Gasteiger partial charge in [-0.05, 0) is 17.5 Å². The van der Waals surface area contributed by atoms with Crippen molar-refractivity contribution in [1.29, 1.82) is 0 Å². The van der Waals surface area contributed by atoms with Crippen LogP contribution in [0.3, 0.4) is 0 Å². The first-order valence-corrected chi connectivity index (χ1v) is 8.19. The summed E-state index contributed by atoms with van der Waals surface area (Å²) in [4.78, 5) is 17.6. The van der Waals surface area contributed by atoms with Crippen molar-refractivity contribution < 1.29 is 18.0 Å². The number of carbonyl (C=O) groups is 1. The largest absolute Gasteiger partial charge is 0.413 e. The number of benzene rings is 1. The van der Waals surface area contributed by atoms with Crippen LogP contribution in [0.2, 0.25) is 5.02 Å². The number of carbonyl (C=O) groups excluding carboxylic acids is 1. The zero-order valence-corrected chi connectivity index (χ0v) is 14.0. The van der Waals surface area contributed by atoms with Crippen LogP contribution in [0.15, 0.2) is 42.7 Å². The Morgan fingerprint density at radius 1 is 1.27 bits per heavy atom. The molecule has 3 aromatic rings. The quantitative estimate of drug-likeness (QED) is 0.647. The minimum absolute atomic E-state index is 0.0396. The molecule has 1 aliphatic rings. The van der Waals surface area contributed by atoms with Crippen LogP contribution in [0.4, 0.5) is 13.2 Å². The molecule has 2 aromatic heterocycles. The van der Waals surface area contributed by atoms with Crippen LogP contribution in [-0.2, 0) is 6.42 Å². The lowest BCUT2D eigenvalue weighted by Gasteiger charge is -2.37. The first kappa shape index (κ1) is 16.8. The number of fused-ring (bicyclic) bond motifs is 2. The minimum atomic E-state index is -4.59. The third kappa shape index (κ3) is 2.80. The predicted octanol–water partition coefficient (Wildman–Crippen LogP) is 3.68. The van der Waals surface area contributed by atoms with Gasteiger partial charge in [0.25, 0.3) is 5.91 Å². The maximum atomic E-state index is 13.8. The molecule has 0 saturated heterocycles. The van der Waals surface area contributed by atoms with Gasteiger partial charge in [-0.25, -0.2) is 9.50 Å². The summed E-state index contributed by atoms with van der Waals surface area (Å²) >= 11 is 5.83. The van der Waals surface area contributed by atoms with Gasteiger partial charge in [0.1, 0.15) is 0 Å². The van der Waals surface area contributed by atoms with Crippen LogP contribution < -0.4 is 0 Å². The molecule has 0 spiro atoms. The number of nitrogens with zero attached hydrogens (tertiary/aromatic N) is 4. The minimum Gasteiger partial charge on any atom is -0.321 e. The second kappa shape index (κ2) is 5.98. The predicted molar refractivity (Wildman–Crippen MR) is 88.0 cm³/mol. The lowest BCUT2D eigenvalue weighted by Crippen LogP contribution is -2.46. The van der Waals surface area contributed by atoms with E-state index in [0.29, 0.717) is 22.7 Å². The summed E-state index contributed by atoms with van der Waals surface area (Å²) in [5.74, 6) is -0.788. The van der Waals surface area contributed by atoms with Crippen LogP contribution in [0.5, 0.6) is 0 Å². The molecule has 1 unspecified atom stereocenters. The van der Waals surface area contributed by atoms with E-state index in [1.165, 1.54) is 29.0 Å². The van der Waals surface area contributed by atoms with Gasteiger partial charge < -0.3 is 4.90 Å². The highest BCUT2D eigenvalue weighted by atomic mass is 35.5. The average molecular weight is 381 g/mol. The van der Waals surface area contributed by atoms with E-state index in [4.69, 9.17) is 11.6 Å². The van der Waals surface area contributed by atoms with Gasteiger partial charge in [0, 0.05) is 18.8 Å². The molecule has 1 aromatic carbocycles. The van der Waals surface area contributed by atoms with Crippen LogP contribution in [0.1, 0.15) is 27.7 Å². The van der Waals surface area contributed by atoms with E-state index in [9.17, 15) is 18.0 Å². The van der Waals surface area contributed by atoms with Gasteiger partial charge >= 0.3 is 6.18 Å². The highest BCUT2D eigenvalue weighted by Gasteiger charge is 2.49. The number of alkyl halides is 3. The van der Waals surface area contributed by atoms with Gasteiger partial charge in [0.15, 0.2) is 17.4 Å². The molecule has 0 N–H and O–H groups in total. The van der Waals surface area contributed by atoms with E-state index in [0.717, 1.165) is 4.90 Å². The van der Waals surface area contributed by atoms with Crippen LogP contribution in [0, 0.1) is 0 Å². The van der Waals surface area contributed by atoms with E-state index < -0.39 is 18.1 Å². The second-order valence-corrected chi connectivity index (χ2v) is 6.43. The maximum Gasteiger partial charge on any atom is 0.413 e. The Kier molecular flexibility index (Phi) is 3.87. The molecule has 5 nitrogen and oxygen atoms in total.